The first kappa shape index (κ1) is 16.5. The Labute approximate surface area is 123 Å². The Balaban J connectivity index is 2.24. The molecule has 10 heteroatoms. The van der Waals surface area contributed by atoms with Gasteiger partial charge in [0.05, 0.1) is 17.6 Å². The largest absolute Gasteiger partial charge is 0.455 e. The normalized spacial score (nSPS) is 31.8. The summed E-state index contributed by atoms with van der Waals surface area (Å²) < 4.78 is 23.2. The van der Waals surface area contributed by atoms with Crippen molar-refractivity contribution in [3.8, 4) is 5.75 Å². The third kappa shape index (κ3) is 3.15. The van der Waals surface area contributed by atoms with Gasteiger partial charge in [0.25, 0.3) is 0 Å². The number of halogens is 1. The maximum absolute atomic E-state index is 13.0. The van der Waals surface area contributed by atoms with Crippen LogP contribution in [0.5, 0.6) is 5.75 Å². The van der Waals surface area contributed by atoms with E-state index in [1.807, 2.05) is 0 Å². The molecule has 1 saturated heterocycles. The van der Waals surface area contributed by atoms with Gasteiger partial charge in [0.15, 0.2) is 0 Å². The SMILES string of the molecule is O=[N+]([O-])c1cc(F)ccc1O[C@H]1O[C@H](CO)[C@H](O)[C@H](O)[C@H]1O. The lowest BCUT2D eigenvalue weighted by Crippen LogP contribution is -2.60. The van der Waals surface area contributed by atoms with Crippen molar-refractivity contribution in [3.05, 3.63) is 34.1 Å². The van der Waals surface area contributed by atoms with Crippen molar-refractivity contribution < 1.29 is 39.2 Å². The maximum Gasteiger partial charge on any atom is 0.313 e. The molecule has 0 bridgehead atoms. The number of ether oxygens (including phenoxy) is 2. The fourth-order valence-corrected chi connectivity index (χ4v) is 2.02. The average molecular weight is 319 g/mol. The summed E-state index contributed by atoms with van der Waals surface area (Å²) in [7, 11) is 0. The van der Waals surface area contributed by atoms with E-state index >= 15 is 0 Å². The molecule has 0 saturated carbocycles. The zero-order chi connectivity index (χ0) is 16.4. The predicted molar refractivity (Wildman–Crippen MR) is 67.4 cm³/mol. The molecule has 1 heterocycles. The van der Waals surface area contributed by atoms with E-state index in [-0.39, 0.29) is 0 Å². The summed E-state index contributed by atoms with van der Waals surface area (Å²) in [6.45, 7) is -0.670. The van der Waals surface area contributed by atoms with Gasteiger partial charge in [-0.25, -0.2) is 4.39 Å². The monoisotopic (exact) mass is 319 g/mol. The van der Waals surface area contributed by atoms with Crippen molar-refractivity contribution in [1.82, 2.24) is 0 Å². The highest BCUT2D eigenvalue weighted by Crippen LogP contribution is 2.31. The minimum atomic E-state index is -1.72. The maximum atomic E-state index is 13.0. The number of nitro benzene ring substituents is 1. The van der Waals surface area contributed by atoms with Gasteiger partial charge in [0, 0.05) is 0 Å². The van der Waals surface area contributed by atoms with E-state index in [4.69, 9.17) is 14.6 Å². The van der Waals surface area contributed by atoms with Crippen LogP contribution >= 0.6 is 0 Å². The molecule has 1 aliphatic heterocycles. The fraction of sp³-hybridized carbons (Fsp3) is 0.500. The third-order valence-electron chi connectivity index (χ3n) is 3.21. The molecule has 0 aromatic heterocycles. The van der Waals surface area contributed by atoms with E-state index < -0.39 is 59.5 Å². The molecular weight excluding hydrogens is 305 g/mol. The molecule has 4 N–H and O–H groups in total. The number of nitrogens with zero attached hydrogens (tertiary/aromatic N) is 1. The van der Waals surface area contributed by atoms with Crippen molar-refractivity contribution in [1.29, 1.82) is 0 Å². The Kier molecular flexibility index (Phi) is 4.88. The van der Waals surface area contributed by atoms with E-state index in [0.717, 1.165) is 12.1 Å². The lowest BCUT2D eigenvalue weighted by Gasteiger charge is -2.39. The fourth-order valence-electron chi connectivity index (χ4n) is 2.02. The second-order valence-corrected chi connectivity index (χ2v) is 4.68. The number of benzene rings is 1. The van der Waals surface area contributed by atoms with Crippen molar-refractivity contribution in [2.45, 2.75) is 30.7 Å². The lowest BCUT2D eigenvalue weighted by molar-refractivity contribution is -0.387. The summed E-state index contributed by atoms with van der Waals surface area (Å²) in [6.07, 6.45) is -7.79. The standard InChI is InChI=1S/C12H14FNO8/c13-5-1-2-7(6(3-5)14(19)20)21-12-11(18)10(17)9(16)8(4-15)22-12/h1-3,8-12,15-18H,4H2/t8-,9+,10+,11-,12+/m1/s1. The highest BCUT2D eigenvalue weighted by atomic mass is 19.1. The number of aliphatic hydroxyl groups excluding tert-OH is 4. The zero-order valence-electron chi connectivity index (χ0n) is 11.1. The summed E-state index contributed by atoms with van der Waals surface area (Å²) >= 11 is 0. The number of hydrogen-bond acceptors (Lipinski definition) is 8. The number of aliphatic hydroxyl groups is 4. The molecule has 1 aromatic carbocycles. The van der Waals surface area contributed by atoms with Crippen LogP contribution in [0.4, 0.5) is 10.1 Å². The molecule has 1 fully saturated rings. The quantitative estimate of drug-likeness (QED) is 0.405. The van der Waals surface area contributed by atoms with Crippen LogP contribution in [0.1, 0.15) is 0 Å². The van der Waals surface area contributed by atoms with Crippen LogP contribution in [0, 0.1) is 15.9 Å². The molecule has 0 unspecified atom stereocenters. The Bertz CT molecular complexity index is 554. The summed E-state index contributed by atoms with van der Waals surface area (Å²) in [5.41, 5.74) is -0.697. The first-order valence-electron chi connectivity index (χ1n) is 6.26. The van der Waals surface area contributed by atoms with Crippen LogP contribution < -0.4 is 4.74 Å². The van der Waals surface area contributed by atoms with Crippen LogP contribution in [0.2, 0.25) is 0 Å². The molecule has 9 nitrogen and oxygen atoms in total. The van der Waals surface area contributed by atoms with E-state index in [1.54, 1.807) is 0 Å². The van der Waals surface area contributed by atoms with Gasteiger partial charge in [-0.05, 0) is 12.1 Å². The van der Waals surface area contributed by atoms with Gasteiger partial charge >= 0.3 is 5.69 Å². The Morgan fingerprint density at radius 2 is 1.95 bits per heavy atom. The van der Waals surface area contributed by atoms with Crippen LogP contribution in [0.15, 0.2) is 18.2 Å². The summed E-state index contributed by atoms with van der Waals surface area (Å²) in [4.78, 5) is 9.97. The lowest BCUT2D eigenvalue weighted by atomic mass is 9.99. The summed E-state index contributed by atoms with van der Waals surface area (Å²) in [6, 6.07) is 2.50. The van der Waals surface area contributed by atoms with Crippen molar-refractivity contribution in [2.24, 2.45) is 0 Å². The summed E-state index contributed by atoms with van der Waals surface area (Å²) in [5.74, 6) is -1.25. The predicted octanol–water partition coefficient (Wildman–Crippen LogP) is -1.09. The van der Waals surface area contributed by atoms with E-state index in [1.165, 1.54) is 0 Å². The Hall–Kier alpha value is -1.85. The molecule has 0 radical (unpaired) electrons. The van der Waals surface area contributed by atoms with Gasteiger partial charge in [-0.1, -0.05) is 0 Å². The third-order valence-corrected chi connectivity index (χ3v) is 3.21. The molecule has 0 aliphatic carbocycles. The van der Waals surface area contributed by atoms with Gasteiger partial charge < -0.3 is 29.9 Å². The van der Waals surface area contributed by atoms with Crippen LogP contribution in [-0.2, 0) is 4.74 Å². The van der Waals surface area contributed by atoms with Gasteiger partial charge in [0.1, 0.15) is 30.2 Å². The molecule has 1 aromatic rings. The zero-order valence-corrected chi connectivity index (χ0v) is 11.1. The number of hydrogen-bond donors (Lipinski definition) is 4. The first-order chi connectivity index (χ1) is 10.3. The van der Waals surface area contributed by atoms with E-state index in [2.05, 4.69) is 0 Å². The molecule has 2 rings (SSSR count). The second-order valence-electron chi connectivity index (χ2n) is 4.68. The molecular formula is C12H14FNO8. The van der Waals surface area contributed by atoms with Gasteiger partial charge in [0.2, 0.25) is 12.0 Å². The van der Waals surface area contributed by atoms with Crippen molar-refractivity contribution in [3.63, 3.8) is 0 Å². The highest BCUT2D eigenvalue weighted by Gasteiger charge is 2.45. The molecule has 122 valence electrons. The Morgan fingerprint density at radius 1 is 1.27 bits per heavy atom. The minimum absolute atomic E-state index is 0.393. The van der Waals surface area contributed by atoms with E-state index in [9.17, 15) is 29.8 Å². The molecule has 0 spiro atoms. The molecule has 0 amide bonds. The minimum Gasteiger partial charge on any atom is -0.455 e. The van der Waals surface area contributed by atoms with Gasteiger partial charge in [-0.2, -0.15) is 0 Å². The first-order valence-corrected chi connectivity index (χ1v) is 6.26. The Morgan fingerprint density at radius 3 is 2.55 bits per heavy atom. The van der Waals surface area contributed by atoms with E-state index in [0.29, 0.717) is 6.07 Å². The van der Waals surface area contributed by atoms with Crippen LogP contribution in [0.25, 0.3) is 0 Å². The number of rotatable bonds is 4. The number of nitro groups is 1. The molecule has 1 aliphatic rings. The van der Waals surface area contributed by atoms with Crippen molar-refractivity contribution in [2.75, 3.05) is 6.61 Å². The summed E-state index contributed by atoms with van der Waals surface area (Å²) in [5, 5.41) is 48.9. The molecule has 22 heavy (non-hydrogen) atoms. The highest BCUT2D eigenvalue weighted by molar-refractivity contribution is 5.46. The van der Waals surface area contributed by atoms with Gasteiger partial charge in [-0.15, -0.1) is 0 Å². The topological polar surface area (TPSA) is 143 Å². The second kappa shape index (κ2) is 6.50. The molecule has 5 atom stereocenters. The van der Waals surface area contributed by atoms with Crippen LogP contribution in [0.3, 0.4) is 0 Å². The smallest absolute Gasteiger partial charge is 0.313 e. The van der Waals surface area contributed by atoms with Crippen molar-refractivity contribution >= 4 is 5.69 Å². The van der Waals surface area contributed by atoms with Crippen LogP contribution in [-0.4, -0.2) is 62.7 Å². The average Bonchev–Trinajstić information content (AvgIpc) is 2.49. The van der Waals surface area contributed by atoms with Gasteiger partial charge in [-0.3, -0.25) is 10.1 Å².